The van der Waals surface area contributed by atoms with Gasteiger partial charge in [0.1, 0.15) is 0 Å². The Kier molecular flexibility index (Phi) is 9.46. The first-order chi connectivity index (χ1) is 5.77. The van der Waals surface area contributed by atoms with Crippen molar-refractivity contribution in [2.24, 2.45) is 0 Å². The molecule has 0 aliphatic heterocycles. The van der Waals surface area contributed by atoms with E-state index in [0.717, 1.165) is 39.1 Å². The van der Waals surface area contributed by atoms with Gasteiger partial charge in [0, 0.05) is 32.3 Å². The minimum absolute atomic E-state index is 0.271. The molecule has 1 unspecified atom stereocenters. The van der Waals surface area contributed by atoms with Crippen LogP contribution in [0.4, 0.5) is 0 Å². The maximum absolute atomic E-state index is 5.76. The molecule has 0 rings (SSSR count). The van der Waals surface area contributed by atoms with Gasteiger partial charge in [-0.3, -0.25) is 0 Å². The lowest BCUT2D eigenvalue weighted by atomic mass is 10.2. The van der Waals surface area contributed by atoms with Crippen molar-refractivity contribution in [3.8, 4) is 0 Å². The Hall–Kier alpha value is 0.210. The Morgan fingerprint density at radius 2 is 1.83 bits per heavy atom. The molecule has 0 fully saturated rings. The highest BCUT2D eigenvalue weighted by Gasteiger charge is 1.95. The van der Waals surface area contributed by atoms with Crippen LogP contribution in [0.2, 0.25) is 0 Å². The summed E-state index contributed by atoms with van der Waals surface area (Å²) in [6.45, 7) is 4.41. The van der Waals surface area contributed by atoms with Crippen LogP contribution in [0.15, 0.2) is 0 Å². The quantitative estimate of drug-likeness (QED) is 0.437. The molecule has 0 aromatic carbocycles. The molecule has 0 aliphatic rings. The van der Waals surface area contributed by atoms with Crippen LogP contribution in [0.3, 0.4) is 0 Å². The molecule has 1 atom stereocenters. The average Bonchev–Trinajstić information content (AvgIpc) is 2.02. The highest BCUT2D eigenvalue weighted by Crippen LogP contribution is 2.03. The molecule has 0 radical (unpaired) electrons. The summed E-state index contributed by atoms with van der Waals surface area (Å²) in [5.41, 5.74) is 0. The van der Waals surface area contributed by atoms with Gasteiger partial charge >= 0.3 is 0 Å². The van der Waals surface area contributed by atoms with E-state index < -0.39 is 0 Å². The van der Waals surface area contributed by atoms with Gasteiger partial charge in [-0.15, -0.1) is 11.6 Å². The lowest BCUT2D eigenvalue weighted by Crippen LogP contribution is -2.02. The van der Waals surface area contributed by atoms with Crippen molar-refractivity contribution in [2.45, 2.75) is 31.6 Å². The minimum Gasteiger partial charge on any atom is -0.385 e. The number of hydrogen-bond acceptors (Lipinski definition) is 2. The van der Waals surface area contributed by atoms with Gasteiger partial charge in [0.2, 0.25) is 0 Å². The zero-order valence-corrected chi connectivity index (χ0v) is 8.77. The number of halogens is 1. The van der Waals surface area contributed by atoms with Gasteiger partial charge in [0.25, 0.3) is 0 Å². The smallest absolute Gasteiger partial charge is 0.0487 e. The first-order valence-electron chi connectivity index (χ1n) is 4.48. The van der Waals surface area contributed by atoms with Crippen LogP contribution in [0.1, 0.15) is 26.2 Å². The molecule has 2 nitrogen and oxygen atoms in total. The van der Waals surface area contributed by atoms with Crippen LogP contribution in [0.25, 0.3) is 0 Å². The second-order valence-electron chi connectivity index (χ2n) is 2.88. The topological polar surface area (TPSA) is 18.5 Å². The largest absolute Gasteiger partial charge is 0.385 e. The minimum atomic E-state index is 0.271. The van der Waals surface area contributed by atoms with E-state index in [-0.39, 0.29) is 5.38 Å². The normalized spacial score (nSPS) is 13.2. The van der Waals surface area contributed by atoms with Gasteiger partial charge in [-0.2, -0.15) is 0 Å². The van der Waals surface area contributed by atoms with Crippen LogP contribution in [0, 0.1) is 0 Å². The van der Waals surface area contributed by atoms with Crippen molar-refractivity contribution in [1.82, 2.24) is 0 Å². The predicted molar refractivity (Wildman–Crippen MR) is 51.9 cm³/mol. The molecule has 0 saturated heterocycles. The third-order valence-corrected chi connectivity index (χ3v) is 1.75. The van der Waals surface area contributed by atoms with Gasteiger partial charge in [-0.1, -0.05) is 0 Å². The van der Waals surface area contributed by atoms with Crippen LogP contribution in [-0.4, -0.2) is 32.3 Å². The van der Waals surface area contributed by atoms with E-state index in [9.17, 15) is 0 Å². The Labute approximate surface area is 80.2 Å². The standard InChI is InChI=1S/C9H19ClO2/c1-9(10)5-3-7-12-8-4-6-11-2/h9H,3-8H2,1-2H3. The molecule has 74 valence electrons. The van der Waals surface area contributed by atoms with E-state index in [1.54, 1.807) is 7.11 Å². The number of methoxy groups -OCH3 is 1. The average molecular weight is 195 g/mol. The van der Waals surface area contributed by atoms with E-state index in [0.29, 0.717) is 0 Å². The Balaban J connectivity index is 2.82. The van der Waals surface area contributed by atoms with Crippen LogP contribution in [0.5, 0.6) is 0 Å². The maximum Gasteiger partial charge on any atom is 0.0487 e. The molecule has 3 heteroatoms. The second-order valence-corrected chi connectivity index (χ2v) is 3.63. The van der Waals surface area contributed by atoms with E-state index in [4.69, 9.17) is 21.1 Å². The Morgan fingerprint density at radius 1 is 1.17 bits per heavy atom. The predicted octanol–water partition coefficient (Wildman–Crippen LogP) is 2.45. The summed E-state index contributed by atoms with van der Waals surface area (Å²) in [4.78, 5) is 0. The molecule has 0 N–H and O–H groups in total. The molecule has 0 aromatic heterocycles. The highest BCUT2D eigenvalue weighted by molar-refractivity contribution is 6.20. The molecule has 0 aromatic rings. The number of rotatable bonds is 8. The summed E-state index contributed by atoms with van der Waals surface area (Å²) in [5.74, 6) is 0. The fourth-order valence-corrected chi connectivity index (χ4v) is 1.03. The molecular weight excluding hydrogens is 176 g/mol. The molecule has 0 amide bonds. The van der Waals surface area contributed by atoms with Crippen molar-refractivity contribution < 1.29 is 9.47 Å². The lowest BCUT2D eigenvalue weighted by molar-refractivity contribution is 0.100. The summed E-state index contributed by atoms with van der Waals surface area (Å²) in [6.07, 6.45) is 3.07. The first kappa shape index (κ1) is 12.2. The third kappa shape index (κ3) is 10.2. The molecule has 0 saturated carbocycles. The molecule has 0 aliphatic carbocycles. The van der Waals surface area contributed by atoms with Crippen molar-refractivity contribution in [3.63, 3.8) is 0 Å². The fourth-order valence-electron chi connectivity index (χ4n) is 0.874. The van der Waals surface area contributed by atoms with Crippen LogP contribution in [-0.2, 0) is 9.47 Å². The molecule has 0 spiro atoms. The maximum atomic E-state index is 5.76. The van der Waals surface area contributed by atoms with Crippen molar-refractivity contribution in [3.05, 3.63) is 0 Å². The second kappa shape index (κ2) is 9.30. The van der Waals surface area contributed by atoms with Gasteiger partial charge < -0.3 is 9.47 Å². The van der Waals surface area contributed by atoms with Gasteiger partial charge in [-0.05, 0) is 26.2 Å². The zero-order chi connectivity index (χ0) is 9.23. The Morgan fingerprint density at radius 3 is 2.42 bits per heavy atom. The fraction of sp³-hybridized carbons (Fsp3) is 1.00. The van der Waals surface area contributed by atoms with Gasteiger partial charge in [0.05, 0.1) is 0 Å². The van der Waals surface area contributed by atoms with Crippen LogP contribution < -0.4 is 0 Å². The monoisotopic (exact) mass is 194 g/mol. The summed E-state index contributed by atoms with van der Waals surface area (Å²) in [6, 6.07) is 0. The highest BCUT2D eigenvalue weighted by atomic mass is 35.5. The Bertz CT molecular complexity index is 86.6. The van der Waals surface area contributed by atoms with E-state index in [1.165, 1.54) is 0 Å². The van der Waals surface area contributed by atoms with E-state index >= 15 is 0 Å². The summed E-state index contributed by atoms with van der Waals surface area (Å²) < 4.78 is 10.2. The van der Waals surface area contributed by atoms with Crippen molar-refractivity contribution >= 4 is 11.6 Å². The SMILES string of the molecule is COCCCOCCCC(C)Cl. The van der Waals surface area contributed by atoms with Gasteiger partial charge in [-0.25, -0.2) is 0 Å². The van der Waals surface area contributed by atoms with Gasteiger partial charge in [0.15, 0.2) is 0 Å². The molecule has 0 heterocycles. The van der Waals surface area contributed by atoms with Crippen LogP contribution >= 0.6 is 11.6 Å². The zero-order valence-electron chi connectivity index (χ0n) is 8.01. The first-order valence-corrected chi connectivity index (χ1v) is 4.91. The summed E-state index contributed by atoms with van der Waals surface area (Å²) in [5, 5.41) is 0.271. The molecule has 0 bridgehead atoms. The number of ether oxygens (including phenoxy) is 2. The number of alkyl halides is 1. The molecule has 12 heavy (non-hydrogen) atoms. The van der Waals surface area contributed by atoms with E-state index in [2.05, 4.69) is 0 Å². The van der Waals surface area contributed by atoms with E-state index in [1.807, 2.05) is 6.92 Å². The summed E-state index contributed by atoms with van der Waals surface area (Å²) in [7, 11) is 1.70. The van der Waals surface area contributed by atoms with Crippen molar-refractivity contribution in [2.75, 3.05) is 26.9 Å². The molecular formula is C9H19ClO2. The third-order valence-electron chi connectivity index (χ3n) is 1.53. The lowest BCUT2D eigenvalue weighted by Gasteiger charge is -2.04. The van der Waals surface area contributed by atoms with Crippen molar-refractivity contribution in [1.29, 1.82) is 0 Å². The number of hydrogen-bond donors (Lipinski definition) is 0. The summed E-state index contributed by atoms with van der Waals surface area (Å²) >= 11 is 5.76.